The number of benzene rings is 1. The second-order valence-electron chi connectivity index (χ2n) is 4.38. The van der Waals surface area contributed by atoms with Gasteiger partial charge in [0.05, 0.1) is 0 Å². The van der Waals surface area contributed by atoms with E-state index in [1.165, 1.54) is 0 Å². The average Bonchev–Trinajstić information content (AvgIpc) is 2.66. The van der Waals surface area contributed by atoms with Crippen LogP contribution >= 0.6 is 0 Å². The summed E-state index contributed by atoms with van der Waals surface area (Å²) in [5.41, 5.74) is 0.878. The first kappa shape index (κ1) is 11.1. The fourth-order valence-electron chi connectivity index (χ4n) is 2.45. The Kier molecular flexibility index (Phi) is 3.25. The Balaban J connectivity index is 2.27. The third-order valence-corrected chi connectivity index (χ3v) is 3.29. The summed E-state index contributed by atoms with van der Waals surface area (Å²) in [5.74, 6) is -0.750. The van der Waals surface area contributed by atoms with Crippen molar-refractivity contribution in [3.05, 3.63) is 35.9 Å². The number of carboxylic acid groups (broad SMARTS) is 1. The number of hydrogen-bond acceptors (Lipinski definition) is 2. The van der Waals surface area contributed by atoms with Gasteiger partial charge in [0, 0.05) is 6.04 Å². The summed E-state index contributed by atoms with van der Waals surface area (Å²) in [4.78, 5) is 13.5. The molecule has 86 valence electrons. The van der Waals surface area contributed by atoms with Gasteiger partial charge in [-0.15, -0.1) is 0 Å². The molecule has 1 aliphatic rings. The van der Waals surface area contributed by atoms with Crippen LogP contribution in [0.3, 0.4) is 0 Å². The number of rotatable bonds is 3. The van der Waals surface area contributed by atoms with Crippen molar-refractivity contribution in [2.75, 3.05) is 6.54 Å². The highest BCUT2D eigenvalue weighted by molar-refractivity contribution is 5.75. The van der Waals surface area contributed by atoms with E-state index in [0.29, 0.717) is 6.04 Å². The van der Waals surface area contributed by atoms with Crippen LogP contribution in [0.15, 0.2) is 30.3 Å². The number of carboxylic acids is 1. The van der Waals surface area contributed by atoms with Crippen molar-refractivity contribution in [2.24, 2.45) is 0 Å². The zero-order valence-electron chi connectivity index (χ0n) is 9.47. The Bertz CT molecular complexity index is 363. The molecule has 0 radical (unpaired) electrons. The summed E-state index contributed by atoms with van der Waals surface area (Å²) in [5, 5.41) is 9.36. The minimum Gasteiger partial charge on any atom is -0.480 e. The smallest absolute Gasteiger partial charge is 0.325 e. The van der Waals surface area contributed by atoms with Gasteiger partial charge in [0.1, 0.15) is 6.04 Å². The molecule has 3 heteroatoms. The first-order valence-electron chi connectivity index (χ1n) is 5.73. The Labute approximate surface area is 95.7 Å². The van der Waals surface area contributed by atoms with Crippen LogP contribution in [-0.2, 0) is 4.79 Å². The van der Waals surface area contributed by atoms with Crippen LogP contribution in [-0.4, -0.2) is 28.6 Å². The molecule has 1 heterocycles. The lowest BCUT2D eigenvalue weighted by Crippen LogP contribution is -2.36. The van der Waals surface area contributed by atoms with Gasteiger partial charge >= 0.3 is 5.97 Å². The molecule has 0 aliphatic carbocycles. The molecule has 16 heavy (non-hydrogen) atoms. The lowest BCUT2D eigenvalue weighted by atomic mass is 10.0. The van der Waals surface area contributed by atoms with Gasteiger partial charge in [-0.25, -0.2) is 0 Å². The molecule has 0 saturated carbocycles. The van der Waals surface area contributed by atoms with Crippen molar-refractivity contribution in [1.82, 2.24) is 4.90 Å². The van der Waals surface area contributed by atoms with Crippen molar-refractivity contribution < 1.29 is 9.90 Å². The molecule has 2 rings (SSSR count). The standard InChI is InChI=1S/C13H17NO2/c1-10-6-5-9-14(10)12(13(15)16)11-7-3-2-4-8-11/h2-4,7-8,10,12H,5-6,9H2,1H3,(H,15,16)/t10-,12-/m1/s1. The van der Waals surface area contributed by atoms with Crippen LogP contribution in [0, 0.1) is 0 Å². The fraction of sp³-hybridized carbons (Fsp3) is 0.462. The van der Waals surface area contributed by atoms with Crippen LogP contribution in [0.25, 0.3) is 0 Å². The maximum absolute atomic E-state index is 11.4. The predicted octanol–water partition coefficient (Wildman–Crippen LogP) is 2.30. The molecule has 1 aliphatic heterocycles. The summed E-state index contributed by atoms with van der Waals surface area (Å²) in [6.45, 7) is 2.99. The van der Waals surface area contributed by atoms with Gasteiger partial charge in [-0.3, -0.25) is 9.69 Å². The van der Waals surface area contributed by atoms with Crippen molar-refractivity contribution in [2.45, 2.75) is 31.8 Å². The monoisotopic (exact) mass is 219 g/mol. The predicted molar refractivity (Wildman–Crippen MR) is 62.2 cm³/mol. The zero-order chi connectivity index (χ0) is 11.5. The van der Waals surface area contributed by atoms with E-state index in [4.69, 9.17) is 0 Å². The number of hydrogen-bond donors (Lipinski definition) is 1. The minimum atomic E-state index is -0.750. The Hall–Kier alpha value is -1.35. The normalized spacial score (nSPS) is 23.2. The van der Waals surface area contributed by atoms with Gasteiger partial charge in [-0.05, 0) is 31.9 Å². The summed E-state index contributed by atoms with van der Waals surface area (Å²) in [6, 6.07) is 9.36. The molecule has 1 aromatic carbocycles. The third kappa shape index (κ3) is 2.09. The zero-order valence-corrected chi connectivity index (χ0v) is 9.47. The van der Waals surface area contributed by atoms with Gasteiger partial charge < -0.3 is 5.11 Å². The summed E-state index contributed by atoms with van der Waals surface area (Å²) >= 11 is 0. The maximum atomic E-state index is 11.4. The molecule has 1 fully saturated rings. The first-order chi connectivity index (χ1) is 7.70. The summed E-state index contributed by atoms with van der Waals surface area (Å²) in [6.07, 6.45) is 2.19. The first-order valence-corrected chi connectivity index (χ1v) is 5.73. The molecule has 0 bridgehead atoms. The number of carbonyl (C=O) groups is 1. The van der Waals surface area contributed by atoms with Crippen LogP contribution in [0.4, 0.5) is 0 Å². The highest BCUT2D eigenvalue weighted by atomic mass is 16.4. The van der Waals surface area contributed by atoms with Gasteiger partial charge in [0.15, 0.2) is 0 Å². The number of likely N-dealkylation sites (tertiary alicyclic amines) is 1. The molecule has 0 amide bonds. The topological polar surface area (TPSA) is 40.5 Å². The largest absolute Gasteiger partial charge is 0.480 e. The summed E-state index contributed by atoms with van der Waals surface area (Å²) in [7, 11) is 0. The number of nitrogens with zero attached hydrogens (tertiary/aromatic N) is 1. The molecule has 0 spiro atoms. The van der Waals surface area contributed by atoms with E-state index in [1.807, 2.05) is 30.3 Å². The molecule has 0 aromatic heterocycles. The second kappa shape index (κ2) is 4.66. The van der Waals surface area contributed by atoms with E-state index in [1.54, 1.807) is 0 Å². The molecule has 1 N–H and O–H groups in total. The van der Waals surface area contributed by atoms with E-state index < -0.39 is 12.0 Å². The molecule has 0 unspecified atom stereocenters. The van der Waals surface area contributed by atoms with E-state index in [0.717, 1.165) is 24.9 Å². The molecular weight excluding hydrogens is 202 g/mol. The van der Waals surface area contributed by atoms with Crippen molar-refractivity contribution in [3.63, 3.8) is 0 Å². The highest BCUT2D eigenvalue weighted by Gasteiger charge is 2.33. The van der Waals surface area contributed by atoms with Gasteiger partial charge in [0.2, 0.25) is 0 Å². The SMILES string of the molecule is C[C@@H]1CCCN1[C@@H](C(=O)O)c1ccccc1. The Morgan fingerprint density at radius 2 is 2.12 bits per heavy atom. The van der Waals surface area contributed by atoms with E-state index >= 15 is 0 Å². The van der Waals surface area contributed by atoms with E-state index in [9.17, 15) is 9.90 Å². The quantitative estimate of drug-likeness (QED) is 0.848. The lowest BCUT2D eigenvalue weighted by Gasteiger charge is -2.28. The summed E-state index contributed by atoms with van der Waals surface area (Å²) < 4.78 is 0. The van der Waals surface area contributed by atoms with Crippen molar-refractivity contribution in [1.29, 1.82) is 0 Å². The van der Waals surface area contributed by atoms with Crippen molar-refractivity contribution >= 4 is 5.97 Å². The molecular formula is C13H17NO2. The highest BCUT2D eigenvalue weighted by Crippen LogP contribution is 2.29. The Morgan fingerprint density at radius 1 is 1.44 bits per heavy atom. The number of aliphatic carboxylic acids is 1. The van der Waals surface area contributed by atoms with E-state index in [-0.39, 0.29) is 0 Å². The second-order valence-corrected chi connectivity index (χ2v) is 4.38. The van der Waals surface area contributed by atoms with Crippen LogP contribution in [0.2, 0.25) is 0 Å². The Morgan fingerprint density at radius 3 is 2.62 bits per heavy atom. The molecule has 1 aromatic rings. The average molecular weight is 219 g/mol. The van der Waals surface area contributed by atoms with Gasteiger partial charge in [-0.1, -0.05) is 30.3 Å². The van der Waals surface area contributed by atoms with Gasteiger partial charge in [-0.2, -0.15) is 0 Å². The fourth-order valence-corrected chi connectivity index (χ4v) is 2.45. The van der Waals surface area contributed by atoms with Crippen LogP contribution in [0.5, 0.6) is 0 Å². The van der Waals surface area contributed by atoms with E-state index in [2.05, 4.69) is 11.8 Å². The minimum absolute atomic E-state index is 0.362. The molecule has 1 saturated heterocycles. The maximum Gasteiger partial charge on any atom is 0.325 e. The van der Waals surface area contributed by atoms with Crippen LogP contribution in [0.1, 0.15) is 31.4 Å². The van der Waals surface area contributed by atoms with Gasteiger partial charge in [0.25, 0.3) is 0 Å². The lowest BCUT2D eigenvalue weighted by molar-refractivity contribution is -0.143. The van der Waals surface area contributed by atoms with Crippen LogP contribution < -0.4 is 0 Å². The third-order valence-electron chi connectivity index (χ3n) is 3.29. The molecule has 2 atom stereocenters. The van der Waals surface area contributed by atoms with Crippen molar-refractivity contribution in [3.8, 4) is 0 Å². The molecule has 3 nitrogen and oxygen atoms in total.